The highest BCUT2D eigenvalue weighted by atomic mass is 16.7. The third-order valence-electron chi connectivity index (χ3n) is 5.22. The smallest absolute Gasteiger partial charge is 0.303 e. The first-order valence-electron chi connectivity index (χ1n) is 10.1. The van der Waals surface area contributed by atoms with E-state index >= 15 is 0 Å². The van der Waals surface area contributed by atoms with Gasteiger partial charge in [-0.1, -0.05) is 30.3 Å². The van der Waals surface area contributed by atoms with E-state index in [2.05, 4.69) is 0 Å². The summed E-state index contributed by atoms with van der Waals surface area (Å²) in [5.74, 6) is -0.902. The van der Waals surface area contributed by atoms with Crippen LogP contribution in [0.25, 0.3) is 22.3 Å². The summed E-state index contributed by atoms with van der Waals surface area (Å²) in [6.45, 7) is 0.491. The Morgan fingerprint density at radius 3 is 2.48 bits per heavy atom. The molecule has 0 amide bonds. The molecule has 4 rings (SSSR count). The molecule has 1 fully saturated rings. The summed E-state index contributed by atoms with van der Waals surface area (Å²) >= 11 is 0. The summed E-state index contributed by atoms with van der Waals surface area (Å²) < 4.78 is 21.8. The maximum absolute atomic E-state index is 12.6. The van der Waals surface area contributed by atoms with E-state index in [0.29, 0.717) is 5.56 Å². The van der Waals surface area contributed by atoms with Crippen LogP contribution in [0.4, 0.5) is 0 Å². The van der Waals surface area contributed by atoms with Gasteiger partial charge in [0.1, 0.15) is 46.5 Å². The molecule has 1 aliphatic heterocycles. The third kappa shape index (κ3) is 4.55. The highest BCUT2D eigenvalue weighted by Crippen LogP contribution is 2.33. The second kappa shape index (κ2) is 9.20. The topological polar surface area (TPSA) is 156 Å². The van der Waals surface area contributed by atoms with E-state index in [1.54, 1.807) is 24.3 Å². The lowest BCUT2D eigenvalue weighted by molar-refractivity contribution is -0.281. The predicted octanol–water partition coefficient (Wildman–Crippen LogP) is 0.915. The molecule has 0 aliphatic carbocycles. The van der Waals surface area contributed by atoms with Gasteiger partial charge >= 0.3 is 5.97 Å². The number of rotatable bonds is 5. The number of benzene rings is 2. The lowest BCUT2D eigenvalue weighted by atomic mass is 9.99. The molecular formula is C23H22O10. The number of aliphatic hydroxyl groups excluding tert-OH is 3. The zero-order valence-corrected chi connectivity index (χ0v) is 17.5. The fraction of sp³-hybridized carbons (Fsp3) is 0.304. The molecule has 10 nitrogen and oxygen atoms in total. The van der Waals surface area contributed by atoms with E-state index in [1.807, 2.05) is 6.07 Å². The summed E-state index contributed by atoms with van der Waals surface area (Å²) in [6, 6.07) is 12.6. The summed E-state index contributed by atoms with van der Waals surface area (Å²) in [5, 5.41) is 40.7. The first-order valence-corrected chi connectivity index (χ1v) is 10.1. The molecule has 0 spiro atoms. The number of carbonyl (C=O) groups excluding carboxylic acids is 1. The van der Waals surface area contributed by atoms with Crippen LogP contribution in [0.15, 0.2) is 57.7 Å². The van der Waals surface area contributed by atoms with Crippen LogP contribution in [-0.4, -0.2) is 63.7 Å². The highest BCUT2D eigenvalue weighted by Gasteiger charge is 2.47. The molecule has 1 aromatic heterocycles. The van der Waals surface area contributed by atoms with Crippen LogP contribution in [0.1, 0.15) is 6.92 Å². The molecule has 4 N–H and O–H groups in total. The van der Waals surface area contributed by atoms with E-state index in [0.717, 1.165) is 13.0 Å². The van der Waals surface area contributed by atoms with Gasteiger partial charge in [0.05, 0.1) is 6.61 Å². The SMILES string of the molecule is CC(=O)O[C@@H]1C(CO)O[C@@H](Oc2cc(O)c3c(=O)cc(-c4ccccc4)oc3c2)C(O)[C@H]1O. The van der Waals surface area contributed by atoms with Gasteiger partial charge < -0.3 is 39.1 Å². The number of hydrogen-bond acceptors (Lipinski definition) is 10. The maximum atomic E-state index is 12.6. The number of hydrogen-bond donors (Lipinski definition) is 4. The van der Waals surface area contributed by atoms with Crippen molar-refractivity contribution in [2.45, 2.75) is 37.6 Å². The zero-order valence-electron chi connectivity index (χ0n) is 17.5. The molecule has 2 heterocycles. The average Bonchev–Trinajstić information content (AvgIpc) is 2.78. The van der Waals surface area contributed by atoms with Gasteiger partial charge in [0.2, 0.25) is 6.29 Å². The Morgan fingerprint density at radius 2 is 1.82 bits per heavy atom. The lowest BCUT2D eigenvalue weighted by Gasteiger charge is -2.41. The maximum Gasteiger partial charge on any atom is 0.303 e. The minimum absolute atomic E-state index is 0.0266. The van der Waals surface area contributed by atoms with Gasteiger partial charge in [-0.3, -0.25) is 9.59 Å². The molecule has 10 heteroatoms. The Morgan fingerprint density at radius 1 is 1.09 bits per heavy atom. The summed E-state index contributed by atoms with van der Waals surface area (Å²) in [5.41, 5.74) is 0.213. The van der Waals surface area contributed by atoms with Crippen LogP contribution >= 0.6 is 0 Å². The number of phenols is 1. The minimum Gasteiger partial charge on any atom is -0.507 e. The van der Waals surface area contributed by atoms with Crippen molar-refractivity contribution >= 4 is 16.9 Å². The average molecular weight is 458 g/mol. The van der Waals surface area contributed by atoms with Gasteiger partial charge in [0, 0.05) is 30.7 Å². The van der Waals surface area contributed by atoms with E-state index in [-0.39, 0.29) is 22.5 Å². The fourth-order valence-corrected chi connectivity index (χ4v) is 3.68. The normalized spacial score (nSPS) is 25.0. The van der Waals surface area contributed by atoms with Gasteiger partial charge in [-0.2, -0.15) is 0 Å². The molecule has 2 unspecified atom stereocenters. The number of fused-ring (bicyclic) bond motifs is 1. The molecule has 3 aromatic rings. The highest BCUT2D eigenvalue weighted by molar-refractivity contribution is 5.86. The Balaban J connectivity index is 1.66. The number of ether oxygens (including phenoxy) is 3. The molecular weight excluding hydrogens is 436 g/mol. The lowest BCUT2D eigenvalue weighted by Crippen LogP contribution is -2.61. The summed E-state index contributed by atoms with van der Waals surface area (Å²) in [6.07, 6.45) is -7.23. The van der Waals surface area contributed by atoms with Crippen LogP contribution in [0.2, 0.25) is 0 Å². The third-order valence-corrected chi connectivity index (χ3v) is 5.22. The second-order valence-electron chi connectivity index (χ2n) is 7.56. The fourth-order valence-electron chi connectivity index (χ4n) is 3.68. The van der Waals surface area contributed by atoms with Gasteiger partial charge in [-0.15, -0.1) is 0 Å². The second-order valence-corrected chi connectivity index (χ2v) is 7.56. The van der Waals surface area contributed by atoms with Crippen molar-refractivity contribution in [1.82, 2.24) is 0 Å². The number of aliphatic hydroxyl groups is 3. The molecule has 174 valence electrons. The van der Waals surface area contributed by atoms with E-state index in [1.165, 1.54) is 12.1 Å². The molecule has 1 saturated heterocycles. The number of aromatic hydroxyl groups is 1. The van der Waals surface area contributed by atoms with Crippen molar-refractivity contribution in [1.29, 1.82) is 0 Å². The molecule has 2 aromatic carbocycles. The van der Waals surface area contributed by atoms with Crippen LogP contribution in [0, 0.1) is 0 Å². The van der Waals surface area contributed by atoms with Gasteiger partial charge in [-0.05, 0) is 0 Å². The Hall–Kier alpha value is -3.44. The van der Waals surface area contributed by atoms with E-state index in [4.69, 9.17) is 18.6 Å². The van der Waals surface area contributed by atoms with Crippen molar-refractivity contribution in [3.8, 4) is 22.8 Å². The van der Waals surface area contributed by atoms with Crippen LogP contribution < -0.4 is 10.2 Å². The van der Waals surface area contributed by atoms with Crippen molar-refractivity contribution in [3.63, 3.8) is 0 Å². The summed E-state index contributed by atoms with van der Waals surface area (Å²) in [4.78, 5) is 23.8. The number of carbonyl (C=O) groups is 1. The Bertz CT molecular complexity index is 1200. The Kier molecular flexibility index (Phi) is 6.34. The molecule has 0 bridgehead atoms. The number of phenolic OH excluding ortho intramolecular Hbond substituents is 1. The van der Waals surface area contributed by atoms with Crippen LogP contribution in [0.5, 0.6) is 11.5 Å². The van der Waals surface area contributed by atoms with Gasteiger partial charge in [0.25, 0.3) is 0 Å². The molecule has 0 saturated carbocycles. The quantitative estimate of drug-likeness (QED) is 0.405. The predicted molar refractivity (Wildman–Crippen MR) is 114 cm³/mol. The van der Waals surface area contributed by atoms with Crippen LogP contribution in [-0.2, 0) is 14.3 Å². The van der Waals surface area contributed by atoms with Crippen LogP contribution in [0.3, 0.4) is 0 Å². The Labute approximate surface area is 187 Å². The van der Waals surface area contributed by atoms with Gasteiger partial charge in [0.15, 0.2) is 11.5 Å². The molecule has 33 heavy (non-hydrogen) atoms. The molecule has 1 aliphatic rings. The molecule has 0 radical (unpaired) electrons. The van der Waals surface area contributed by atoms with Crippen molar-refractivity contribution in [3.05, 3.63) is 58.8 Å². The largest absolute Gasteiger partial charge is 0.507 e. The summed E-state index contributed by atoms with van der Waals surface area (Å²) in [7, 11) is 0. The zero-order chi connectivity index (χ0) is 23.7. The van der Waals surface area contributed by atoms with Gasteiger partial charge in [-0.25, -0.2) is 0 Å². The monoisotopic (exact) mass is 458 g/mol. The molecule has 5 atom stereocenters. The number of esters is 1. The minimum atomic E-state index is -1.65. The first-order chi connectivity index (χ1) is 15.8. The van der Waals surface area contributed by atoms with Crippen molar-refractivity contribution in [2.75, 3.05) is 6.61 Å². The van der Waals surface area contributed by atoms with Crippen molar-refractivity contribution < 1.29 is 43.8 Å². The van der Waals surface area contributed by atoms with Crippen molar-refractivity contribution in [2.24, 2.45) is 0 Å². The standard InChI is InChI=1S/C23H22O10/c1-11(25)30-22-18(10-24)33-23(21(29)20(22)28)31-13-7-14(26)19-15(27)9-16(32-17(19)8-13)12-5-3-2-4-6-12/h2-9,18,20-24,26,28-29H,10H2,1H3/t18?,20-,21?,22-,23-/m1/s1. The van der Waals surface area contributed by atoms with E-state index in [9.17, 15) is 30.0 Å². The first kappa shape index (κ1) is 22.7. The van der Waals surface area contributed by atoms with E-state index < -0.39 is 54.5 Å².